The number of hydrogen-bond acceptors (Lipinski definition) is 2. The van der Waals surface area contributed by atoms with Gasteiger partial charge >= 0.3 is 0 Å². The van der Waals surface area contributed by atoms with Crippen LogP contribution in [0, 0.1) is 5.92 Å². The standard InChI is InChI=1S/C14H22F2N2O2/c1-2-4-11(6-8-19)9-17-14(20)12-5-3-7-18(12)10-13(15)16/h3,5,7,11,13,19H,2,4,6,8-10H2,1H3,(H,17,20). The summed E-state index contributed by atoms with van der Waals surface area (Å²) in [6.45, 7) is 2.10. The van der Waals surface area contributed by atoms with Gasteiger partial charge in [-0.15, -0.1) is 0 Å². The van der Waals surface area contributed by atoms with E-state index in [1.54, 1.807) is 6.07 Å². The number of carbonyl (C=O) groups is 1. The Balaban J connectivity index is 2.55. The highest BCUT2D eigenvalue weighted by molar-refractivity contribution is 5.92. The van der Waals surface area contributed by atoms with Crippen molar-refractivity contribution in [2.45, 2.75) is 39.2 Å². The summed E-state index contributed by atoms with van der Waals surface area (Å²) in [5.41, 5.74) is 0.240. The highest BCUT2D eigenvalue weighted by Crippen LogP contribution is 2.11. The van der Waals surface area contributed by atoms with E-state index < -0.39 is 13.0 Å². The lowest BCUT2D eigenvalue weighted by Crippen LogP contribution is -2.31. The zero-order valence-electron chi connectivity index (χ0n) is 11.7. The van der Waals surface area contributed by atoms with Gasteiger partial charge in [-0.2, -0.15) is 0 Å². The molecule has 0 saturated heterocycles. The summed E-state index contributed by atoms with van der Waals surface area (Å²) in [4.78, 5) is 12.0. The maximum Gasteiger partial charge on any atom is 0.267 e. The van der Waals surface area contributed by atoms with E-state index in [1.165, 1.54) is 16.8 Å². The molecule has 4 nitrogen and oxygen atoms in total. The Kier molecular flexibility index (Phi) is 7.22. The van der Waals surface area contributed by atoms with Gasteiger partial charge in [-0.3, -0.25) is 4.79 Å². The number of rotatable bonds is 9. The average Bonchev–Trinajstić information content (AvgIpc) is 2.83. The lowest BCUT2D eigenvalue weighted by molar-refractivity contribution is 0.0920. The van der Waals surface area contributed by atoms with Gasteiger partial charge in [-0.05, 0) is 30.9 Å². The molecule has 0 aliphatic heterocycles. The first-order chi connectivity index (χ1) is 9.58. The zero-order valence-corrected chi connectivity index (χ0v) is 11.7. The number of amides is 1. The summed E-state index contributed by atoms with van der Waals surface area (Å²) in [5.74, 6) is -0.137. The first-order valence-electron chi connectivity index (χ1n) is 6.90. The first-order valence-corrected chi connectivity index (χ1v) is 6.90. The van der Waals surface area contributed by atoms with Crippen LogP contribution in [0.5, 0.6) is 0 Å². The number of halogens is 2. The van der Waals surface area contributed by atoms with Crippen molar-refractivity contribution < 1.29 is 18.7 Å². The fraction of sp³-hybridized carbons (Fsp3) is 0.643. The third kappa shape index (κ3) is 5.28. The molecule has 1 heterocycles. The Bertz CT molecular complexity index is 402. The molecule has 6 heteroatoms. The molecule has 1 aromatic heterocycles. The maximum atomic E-state index is 12.4. The molecule has 114 valence electrons. The molecule has 1 unspecified atom stereocenters. The summed E-state index contributed by atoms with van der Waals surface area (Å²) in [5, 5.41) is 11.7. The van der Waals surface area contributed by atoms with E-state index in [0.717, 1.165) is 12.8 Å². The van der Waals surface area contributed by atoms with E-state index in [1.807, 2.05) is 6.92 Å². The van der Waals surface area contributed by atoms with E-state index in [0.29, 0.717) is 13.0 Å². The summed E-state index contributed by atoms with van der Waals surface area (Å²) < 4.78 is 26.0. The number of carbonyl (C=O) groups excluding carboxylic acids is 1. The van der Waals surface area contributed by atoms with Crippen LogP contribution in [0.2, 0.25) is 0 Å². The molecule has 0 bridgehead atoms. The molecular weight excluding hydrogens is 266 g/mol. The highest BCUT2D eigenvalue weighted by Gasteiger charge is 2.15. The number of nitrogens with one attached hydrogen (secondary N) is 1. The molecule has 1 aromatic rings. The van der Waals surface area contributed by atoms with E-state index >= 15 is 0 Å². The van der Waals surface area contributed by atoms with Gasteiger partial charge < -0.3 is 15.0 Å². The predicted molar refractivity (Wildman–Crippen MR) is 72.9 cm³/mol. The molecule has 0 aromatic carbocycles. The van der Waals surface area contributed by atoms with Crippen LogP contribution in [0.15, 0.2) is 18.3 Å². The molecule has 2 N–H and O–H groups in total. The minimum Gasteiger partial charge on any atom is -0.396 e. The second-order valence-corrected chi connectivity index (χ2v) is 4.81. The van der Waals surface area contributed by atoms with E-state index in [2.05, 4.69) is 5.32 Å². The quantitative estimate of drug-likeness (QED) is 0.732. The topological polar surface area (TPSA) is 54.3 Å². The van der Waals surface area contributed by atoms with Gasteiger partial charge in [0.1, 0.15) is 5.69 Å². The van der Waals surface area contributed by atoms with Crippen LogP contribution in [0.3, 0.4) is 0 Å². The smallest absolute Gasteiger partial charge is 0.267 e. The summed E-state index contributed by atoms with van der Waals surface area (Å²) in [6, 6.07) is 3.10. The zero-order chi connectivity index (χ0) is 15.0. The molecule has 0 spiro atoms. The molecule has 0 radical (unpaired) electrons. The Morgan fingerprint density at radius 2 is 2.20 bits per heavy atom. The first kappa shape index (κ1) is 16.6. The molecule has 1 amide bonds. The van der Waals surface area contributed by atoms with Crippen LogP contribution in [-0.2, 0) is 6.54 Å². The van der Waals surface area contributed by atoms with Crippen LogP contribution in [0.25, 0.3) is 0 Å². The van der Waals surface area contributed by atoms with Crippen LogP contribution < -0.4 is 5.32 Å². The molecule has 0 aliphatic rings. The number of alkyl halides is 2. The minimum absolute atomic E-state index is 0.0856. The number of nitrogens with zero attached hydrogens (tertiary/aromatic N) is 1. The normalized spacial score (nSPS) is 12.7. The summed E-state index contributed by atoms with van der Waals surface area (Å²) >= 11 is 0. The third-order valence-corrected chi connectivity index (χ3v) is 3.18. The van der Waals surface area contributed by atoms with Gasteiger partial charge in [0.2, 0.25) is 0 Å². The van der Waals surface area contributed by atoms with Crippen LogP contribution in [0.4, 0.5) is 8.78 Å². The van der Waals surface area contributed by atoms with Crippen LogP contribution >= 0.6 is 0 Å². The lowest BCUT2D eigenvalue weighted by Gasteiger charge is -2.16. The largest absolute Gasteiger partial charge is 0.396 e. The van der Waals surface area contributed by atoms with E-state index in [4.69, 9.17) is 5.11 Å². The highest BCUT2D eigenvalue weighted by atomic mass is 19.3. The summed E-state index contributed by atoms with van der Waals surface area (Å²) in [7, 11) is 0. The molecule has 1 atom stereocenters. The predicted octanol–water partition coefficient (Wildman–Crippen LogP) is 2.28. The molecule has 0 aliphatic carbocycles. The van der Waals surface area contributed by atoms with Crippen molar-refractivity contribution in [3.8, 4) is 0 Å². The van der Waals surface area contributed by atoms with Crippen LogP contribution in [0.1, 0.15) is 36.7 Å². The van der Waals surface area contributed by atoms with Crippen molar-refractivity contribution in [2.24, 2.45) is 5.92 Å². The SMILES string of the molecule is CCCC(CCO)CNC(=O)c1cccn1CC(F)F. The van der Waals surface area contributed by atoms with Gasteiger partial charge in [-0.1, -0.05) is 13.3 Å². The third-order valence-electron chi connectivity index (χ3n) is 3.18. The number of aliphatic hydroxyl groups is 1. The Labute approximate surface area is 117 Å². The fourth-order valence-electron chi connectivity index (χ4n) is 2.20. The van der Waals surface area contributed by atoms with Crippen molar-refractivity contribution in [1.82, 2.24) is 9.88 Å². The fourth-order valence-corrected chi connectivity index (χ4v) is 2.20. The molecule has 20 heavy (non-hydrogen) atoms. The Morgan fingerprint density at radius 1 is 1.45 bits per heavy atom. The van der Waals surface area contributed by atoms with Crippen molar-refractivity contribution in [1.29, 1.82) is 0 Å². The van der Waals surface area contributed by atoms with Gasteiger partial charge in [0.15, 0.2) is 0 Å². The van der Waals surface area contributed by atoms with Crippen molar-refractivity contribution in [3.63, 3.8) is 0 Å². The average molecular weight is 288 g/mol. The second kappa shape index (κ2) is 8.68. The monoisotopic (exact) mass is 288 g/mol. The van der Waals surface area contributed by atoms with Crippen molar-refractivity contribution in [2.75, 3.05) is 13.2 Å². The van der Waals surface area contributed by atoms with E-state index in [9.17, 15) is 13.6 Å². The summed E-state index contributed by atoms with van der Waals surface area (Å²) in [6.07, 6.45) is 1.50. The Hall–Kier alpha value is -1.43. The molecular formula is C14H22F2N2O2. The van der Waals surface area contributed by atoms with Crippen molar-refractivity contribution >= 4 is 5.91 Å². The maximum absolute atomic E-state index is 12.4. The van der Waals surface area contributed by atoms with Gasteiger partial charge in [0, 0.05) is 19.3 Å². The molecule has 0 saturated carbocycles. The van der Waals surface area contributed by atoms with Gasteiger partial charge in [0.25, 0.3) is 12.3 Å². The Morgan fingerprint density at radius 3 is 2.80 bits per heavy atom. The van der Waals surface area contributed by atoms with E-state index in [-0.39, 0.29) is 24.1 Å². The molecule has 0 fully saturated rings. The molecule has 1 rings (SSSR count). The number of aromatic nitrogens is 1. The minimum atomic E-state index is -2.49. The van der Waals surface area contributed by atoms with Crippen LogP contribution in [-0.4, -0.2) is 35.2 Å². The lowest BCUT2D eigenvalue weighted by atomic mass is 10.0. The second-order valence-electron chi connectivity index (χ2n) is 4.81. The number of hydrogen-bond donors (Lipinski definition) is 2. The van der Waals surface area contributed by atoms with Crippen molar-refractivity contribution in [3.05, 3.63) is 24.0 Å². The van der Waals surface area contributed by atoms with Gasteiger partial charge in [-0.25, -0.2) is 8.78 Å². The van der Waals surface area contributed by atoms with Gasteiger partial charge in [0.05, 0.1) is 6.54 Å². The number of aliphatic hydroxyl groups excluding tert-OH is 1.